The Morgan fingerprint density at radius 3 is 2.75 bits per heavy atom. The molecule has 1 aliphatic heterocycles. The lowest BCUT2D eigenvalue weighted by molar-refractivity contribution is 0.0954. The molecule has 1 fully saturated rings. The van der Waals surface area contributed by atoms with Gasteiger partial charge in [0.25, 0.3) is 0 Å². The second-order valence-corrected chi connectivity index (χ2v) is 5.42. The minimum atomic E-state index is 0.562. The van der Waals surface area contributed by atoms with E-state index in [-0.39, 0.29) is 0 Å². The van der Waals surface area contributed by atoms with Gasteiger partial charge in [-0.2, -0.15) is 0 Å². The first kappa shape index (κ1) is 14.0. The van der Waals surface area contributed by atoms with Gasteiger partial charge in [-0.25, -0.2) is 0 Å². The van der Waals surface area contributed by atoms with Gasteiger partial charge in [0.2, 0.25) is 0 Å². The molecule has 0 amide bonds. The second-order valence-electron chi connectivity index (χ2n) is 5.42. The third kappa shape index (κ3) is 5.31. The van der Waals surface area contributed by atoms with E-state index in [4.69, 9.17) is 4.74 Å². The molecule has 1 saturated heterocycles. The monoisotopic (exact) mass is 227 g/mol. The summed E-state index contributed by atoms with van der Waals surface area (Å²) in [6, 6.07) is 0. The SMILES string of the molecule is CCCNCC(CCC1CCCO1)C(C)C. The van der Waals surface area contributed by atoms with Gasteiger partial charge in [0.1, 0.15) is 0 Å². The Morgan fingerprint density at radius 1 is 1.38 bits per heavy atom. The van der Waals surface area contributed by atoms with Crippen molar-refractivity contribution in [2.75, 3.05) is 19.7 Å². The zero-order chi connectivity index (χ0) is 11.8. The van der Waals surface area contributed by atoms with Crippen molar-refractivity contribution >= 4 is 0 Å². The molecule has 0 aromatic rings. The van der Waals surface area contributed by atoms with E-state index in [9.17, 15) is 0 Å². The summed E-state index contributed by atoms with van der Waals surface area (Å²) in [6.07, 6.45) is 6.93. The lowest BCUT2D eigenvalue weighted by Gasteiger charge is -2.22. The van der Waals surface area contributed by atoms with Crippen LogP contribution in [0.25, 0.3) is 0 Å². The maximum absolute atomic E-state index is 5.69. The molecular weight excluding hydrogens is 198 g/mol. The Hall–Kier alpha value is -0.0800. The van der Waals surface area contributed by atoms with Gasteiger partial charge in [0.15, 0.2) is 0 Å². The molecule has 2 unspecified atom stereocenters. The third-order valence-corrected chi connectivity index (χ3v) is 3.66. The molecule has 0 aliphatic carbocycles. The van der Waals surface area contributed by atoms with Gasteiger partial charge in [-0.05, 0) is 57.0 Å². The number of ether oxygens (including phenoxy) is 1. The van der Waals surface area contributed by atoms with Gasteiger partial charge < -0.3 is 10.1 Å². The highest BCUT2D eigenvalue weighted by Crippen LogP contribution is 2.23. The molecule has 1 heterocycles. The molecule has 0 bridgehead atoms. The summed E-state index contributed by atoms with van der Waals surface area (Å²) in [5.41, 5.74) is 0. The summed E-state index contributed by atoms with van der Waals surface area (Å²) in [5, 5.41) is 3.55. The van der Waals surface area contributed by atoms with Crippen LogP contribution >= 0.6 is 0 Å². The molecule has 0 aromatic carbocycles. The van der Waals surface area contributed by atoms with Crippen LogP contribution in [0, 0.1) is 11.8 Å². The quantitative estimate of drug-likeness (QED) is 0.643. The standard InChI is InChI=1S/C14H29NO/c1-4-9-15-11-13(12(2)3)7-8-14-6-5-10-16-14/h12-15H,4-11H2,1-3H3. The Kier molecular flexibility index (Phi) is 7.06. The molecule has 0 aromatic heterocycles. The van der Waals surface area contributed by atoms with E-state index in [0.29, 0.717) is 6.10 Å². The van der Waals surface area contributed by atoms with Crippen LogP contribution < -0.4 is 5.32 Å². The fourth-order valence-electron chi connectivity index (χ4n) is 2.41. The third-order valence-electron chi connectivity index (χ3n) is 3.66. The van der Waals surface area contributed by atoms with Crippen LogP contribution in [0.3, 0.4) is 0 Å². The first-order chi connectivity index (χ1) is 7.74. The summed E-state index contributed by atoms with van der Waals surface area (Å²) in [6.45, 7) is 10.2. The largest absolute Gasteiger partial charge is 0.378 e. The van der Waals surface area contributed by atoms with E-state index in [1.165, 1.54) is 38.6 Å². The van der Waals surface area contributed by atoms with Crippen molar-refractivity contribution in [3.05, 3.63) is 0 Å². The Bertz CT molecular complexity index is 164. The van der Waals surface area contributed by atoms with Crippen molar-refractivity contribution in [1.82, 2.24) is 5.32 Å². The minimum Gasteiger partial charge on any atom is -0.378 e. The molecule has 0 saturated carbocycles. The smallest absolute Gasteiger partial charge is 0.0576 e. The number of hydrogen-bond acceptors (Lipinski definition) is 2. The van der Waals surface area contributed by atoms with Crippen molar-refractivity contribution in [2.24, 2.45) is 11.8 Å². The van der Waals surface area contributed by atoms with Crippen LogP contribution in [0.5, 0.6) is 0 Å². The van der Waals surface area contributed by atoms with E-state index in [1.54, 1.807) is 0 Å². The summed E-state index contributed by atoms with van der Waals surface area (Å²) in [5.74, 6) is 1.60. The summed E-state index contributed by atoms with van der Waals surface area (Å²) in [7, 11) is 0. The van der Waals surface area contributed by atoms with E-state index in [0.717, 1.165) is 25.0 Å². The first-order valence-electron chi connectivity index (χ1n) is 7.06. The molecule has 2 nitrogen and oxygen atoms in total. The maximum Gasteiger partial charge on any atom is 0.0576 e. The highest BCUT2D eigenvalue weighted by atomic mass is 16.5. The number of hydrogen-bond donors (Lipinski definition) is 1. The molecular formula is C14H29NO. The Labute approximate surface area is 101 Å². The number of rotatable bonds is 8. The molecule has 0 radical (unpaired) electrons. The molecule has 96 valence electrons. The summed E-state index contributed by atoms with van der Waals surface area (Å²) in [4.78, 5) is 0. The van der Waals surface area contributed by atoms with Crippen LogP contribution in [0.4, 0.5) is 0 Å². The maximum atomic E-state index is 5.69. The van der Waals surface area contributed by atoms with Gasteiger partial charge in [-0.3, -0.25) is 0 Å². The second kappa shape index (κ2) is 8.08. The van der Waals surface area contributed by atoms with Gasteiger partial charge >= 0.3 is 0 Å². The fourth-order valence-corrected chi connectivity index (χ4v) is 2.41. The molecule has 2 atom stereocenters. The van der Waals surface area contributed by atoms with Crippen molar-refractivity contribution in [2.45, 2.75) is 59.0 Å². The van der Waals surface area contributed by atoms with Crippen molar-refractivity contribution < 1.29 is 4.74 Å². The molecule has 1 aliphatic rings. The van der Waals surface area contributed by atoms with Crippen LogP contribution in [0.15, 0.2) is 0 Å². The molecule has 1 rings (SSSR count). The van der Waals surface area contributed by atoms with Gasteiger partial charge in [-0.1, -0.05) is 20.8 Å². The van der Waals surface area contributed by atoms with Crippen LogP contribution in [0.2, 0.25) is 0 Å². The molecule has 1 N–H and O–H groups in total. The first-order valence-corrected chi connectivity index (χ1v) is 7.06. The van der Waals surface area contributed by atoms with E-state index >= 15 is 0 Å². The number of nitrogens with one attached hydrogen (secondary N) is 1. The van der Waals surface area contributed by atoms with Crippen molar-refractivity contribution in [3.8, 4) is 0 Å². The molecule has 16 heavy (non-hydrogen) atoms. The van der Waals surface area contributed by atoms with Crippen molar-refractivity contribution in [3.63, 3.8) is 0 Å². The van der Waals surface area contributed by atoms with E-state index in [1.807, 2.05) is 0 Å². The minimum absolute atomic E-state index is 0.562. The highest BCUT2D eigenvalue weighted by Gasteiger charge is 2.19. The summed E-state index contributed by atoms with van der Waals surface area (Å²) >= 11 is 0. The lowest BCUT2D eigenvalue weighted by Crippen LogP contribution is -2.27. The molecule has 0 spiro atoms. The zero-order valence-electron chi connectivity index (χ0n) is 11.3. The lowest BCUT2D eigenvalue weighted by atomic mass is 9.89. The van der Waals surface area contributed by atoms with Crippen LogP contribution in [-0.4, -0.2) is 25.8 Å². The highest BCUT2D eigenvalue weighted by molar-refractivity contribution is 4.71. The molecule has 2 heteroatoms. The van der Waals surface area contributed by atoms with E-state index < -0.39 is 0 Å². The zero-order valence-corrected chi connectivity index (χ0v) is 11.3. The predicted octanol–water partition coefficient (Wildman–Crippen LogP) is 3.22. The van der Waals surface area contributed by atoms with Gasteiger partial charge in [-0.15, -0.1) is 0 Å². The normalized spacial score (nSPS) is 22.9. The summed E-state index contributed by atoms with van der Waals surface area (Å²) < 4.78 is 5.69. The topological polar surface area (TPSA) is 21.3 Å². The van der Waals surface area contributed by atoms with Gasteiger partial charge in [0.05, 0.1) is 6.10 Å². The Balaban J connectivity index is 2.16. The van der Waals surface area contributed by atoms with E-state index in [2.05, 4.69) is 26.1 Å². The fraction of sp³-hybridized carbons (Fsp3) is 1.00. The average Bonchev–Trinajstić information content (AvgIpc) is 2.75. The van der Waals surface area contributed by atoms with Gasteiger partial charge in [0, 0.05) is 6.61 Å². The van der Waals surface area contributed by atoms with Crippen molar-refractivity contribution in [1.29, 1.82) is 0 Å². The van der Waals surface area contributed by atoms with Crippen LogP contribution in [-0.2, 0) is 4.74 Å². The predicted molar refractivity (Wildman–Crippen MR) is 69.7 cm³/mol. The average molecular weight is 227 g/mol. The Morgan fingerprint density at radius 2 is 2.19 bits per heavy atom. The van der Waals surface area contributed by atoms with Crippen LogP contribution in [0.1, 0.15) is 52.9 Å².